The van der Waals surface area contributed by atoms with E-state index in [1.165, 1.54) is 0 Å². The van der Waals surface area contributed by atoms with Crippen LogP contribution in [0.15, 0.2) is 0 Å². The standard InChI is InChI=1S/C18H33N5O6/c1-9(2)7-12(18(28)29)22-17(27)15(10(3)4)23-14(25)8-21-16(26)11(19)5-6-13(20)24/h9-12,15H,5-8,19H2,1-4H3,(H2,20,24)(H,21,26)(H,22,27)(H,23,25)(H,28,29). The molecule has 0 aliphatic rings. The van der Waals surface area contributed by atoms with Crippen LogP contribution in [0, 0.1) is 11.8 Å². The zero-order valence-electron chi connectivity index (χ0n) is 17.4. The van der Waals surface area contributed by atoms with Crippen molar-refractivity contribution in [2.75, 3.05) is 6.54 Å². The van der Waals surface area contributed by atoms with E-state index in [9.17, 15) is 29.1 Å². The second kappa shape index (κ2) is 12.7. The van der Waals surface area contributed by atoms with E-state index in [2.05, 4.69) is 16.0 Å². The number of nitrogens with one attached hydrogen (secondary N) is 3. The fourth-order valence-corrected chi connectivity index (χ4v) is 2.44. The van der Waals surface area contributed by atoms with Crippen molar-refractivity contribution in [3.8, 4) is 0 Å². The molecular weight excluding hydrogens is 382 g/mol. The zero-order valence-corrected chi connectivity index (χ0v) is 17.4. The van der Waals surface area contributed by atoms with Crippen molar-refractivity contribution in [1.82, 2.24) is 16.0 Å². The van der Waals surface area contributed by atoms with Crippen molar-refractivity contribution in [1.29, 1.82) is 0 Å². The van der Waals surface area contributed by atoms with Gasteiger partial charge in [-0.05, 0) is 24.7 Å². The van der Waals surface area contributed by atoms with Crippen LogP contribution < -0.4 is 27.4 Å². The predicted molar refractivity (Wildman–Crippen MR) is 105 cm³/mol. The Labute approximate surface area is 170 Å². The first-order chi connectivity index (χ1) is 13.3. The van der Waals surface area contributed by atoms with E-state index in [0.29, 0.717) is 0 Å². The number of aliphatic carboxylic acids is 1. The van der Waals surface area contributed by atoms with Crippen molar-refractivity contribution < 1.29 is 29.1 Å². The van der Waals surface area contributed by atoms with E-state index < -0.39 is 54.3 Å². The molecule has 0 saturated heterocycles. The first-order valence-electron chi connectivity index (χ1n) is 9.49. The molecule has 0 aromatic carbocycles. The van der Waals surface area contributed by atoms with Gasteiger partial charge in [0, 0.05) is 6.42 Å². The number of nitrogens with two attached hydrogens (primary N) is 2. The summed E-state index contributed by atoms with van der Waals surface area (Å²) in [6, 6.07) is -3.03. The molecule has 166 valence electrons. The Morgan fingerprint density at radius 3 is 2.00 bits per heavy atom. The molecule has 11 nitrogen and oxygen atoms in total. The molecule has 29 heavy (non-hydrogen) atoms. The highest BCUT2D eigenvalue weighted by atomic mass is 16.4. The molecule has 0 saturated carbocycles. The summed E-state index contributed by atoms with van der Waals surface area (Å²) in [5.74, 6) is -3.89. The Morgan fingerprint density at radius 2 is 1.55 bits per heavy atom. The lowest BCUT2D eigenvalue weighted by molar-refractivity contribution is -0.143. The summed E-state index contributed by atoms with van der Waals surface area (Å²) in [7, 11) is 0. The maximum Gasteiger partial charge on any atom is 0.326 e. The molecule has 0 aliphatic carbocycles. The van der Waals surface area contributed by atoms with E-state index in [1.54, 1.807) is 13.8 Å². The fraction of sp³-hybridized carbons (Fsp3) is 0.722. The number of carbonyl (C=O) groups excluding carboxylic acids is 4. The molecule has 0 spiro atoms. The number of rotatable bonds is 13. The summed E-state index contributed by atoms with van der Waals surface area (Å²) in [6.07, 6.45) is 0.239. The quantitative estimate of drug-likeness (QED) is 0.209. The zero-order chi connectivity index (χ0) is 22.7. The molecule has 4 amide bonds. The molecule has 0 rings (SSSR count). The van der Waals surface area contributed by atoms with Gasteiger partial charge in [-0.1, -0.05) is 27.7 Å². The van der Waals surface area contributed by atoms with Crippen LogP contribution in [0.1, 0.15) is 47.0 Å². The number of carboxylic acids is 1. The first-order valence-corrected chi connectivity index (χ1v) is 9.49. The van der Waals surface area contributed by atoms with Crippen LogP contribution in [0.25, 0.3) is 0 Å². The molecule has 0 heterocycles. The molecule has 0 bridgehead atoms. The van der Waals surface area contributed by atoms with Crippen LogP contribution in [-0.2, 0) is 24.0 Å². The molecule has 8 N–H and O–H groups in total. The van der Waals surface area contributed by atoms with Crippen molar-refractivity contribution in [3.63, 3.8) is 0 Å². The van der Waals surface area contributed by atoms with Gasteiger partial charge < -0.3 is 32.5 Å². The van der Waals surface area contributed by atoms with Crippen LogP contribution >= 0.6 is 0 Å². The number of hydrogen-bond donors (Lipinski definition) is 6. The summed E-state index contributed by atoms with van der Waals surface area (Å²) in [5, 5.41) is 16.5. The number of hydrogen-bond acceptors (Lipinski definition) is 6. The van der Waals surface area contributed by atoms with Crippen molar-refractivity contribution in [3.05, 3.63) is 0 Å². The van der Waals surface area contributed by atoms with Gasteiger partial charge in [-0.15, -0.1) is 0 Å². The Kier molecular flexibility index (Phi) is 11.5. The lowest BCUT2D eigenvalue weighted by atomic mass is 10.0. The maximum absolute atomic E-state index is 12.5. The topological polar surface area (TPSA) is 194 Å². The van der Waals surface area contributed by atoms with Gasteiger partial charge in [0.2, 0.25) is 23.6 Å². The Hall–Kier alpha value is -2.69. The molecule has 3 unspecified atom stereocenters. The Morgan fingerprint density at radius 1 is 0.966 bits per heavy atom. The molecule has 3 atom stereocenters. The largest absolute Gasteiger partial charge is 0.480 e. The highest BCUT2D eigenvalue weighted by molar-refractivity contribution is 5.92. The van der Waals surface area contributed by atoms with Crippen LogP contribution in [0.5, 0.6) is 0 Å². The van der Waals surface area contributed by atoms with Gasteiger partial charge in [-0.25, -0.2) is 4.79 Å². The molecule has 11 heteroatoms. The fourth-order valence-electron chi connectivity index (χ4n) is 2.44. The van der Waals surface area contributed by atoms with Gasteiger partial charge in [0.1, 0.15) is 12.1 Å². The minimum absolute atomic E-state index is 0.0479. The first kappa shape index (κ1) is 26.3. The average molecular weight is 415 g/mol. The third kappa shape index (κ3) is 11.0. The molecule has 0 aromatic heterocycles. The number of carbonyl (C=O) groups is 5. The minimum atomic E-state index is -1.15. The number of amides is 4. The maximum atomic E-state index is 12.5. The smallest absolute Gasteiger partial charge is 0.326 e. The van der Waals surface area contributed by atoms with Crippen molar-refractivity contribution in [2.45, 2.75) is 65.1 Å². The van der Waals surface area contributed by atoms with E-state index in [4.69, 9.17) is 11.5 Å². The summed E-state index contributed by atoms with van der Waals surface area (Å²) in [5.41, 5.74) is 10.6. The minimum Gasteiger partial charge on any atom is -0.480 e. The molecule has 0 radical (unpaired) electrons. The number of carboxylic acid groups (broad SMARTS) is 1. The summed E-state index contributed by atoms with van der Waals surface area (Å²) in [4.78, 5) is 58.5. The van der Waals surface area contributed by atoms with Gasteiger partial charge in [0.25, 0.3) is 0 Å². The van der Waals surface area contributed by atoms with Crippen LogP contribution in [0.2, 0.25) is 0 Å². The molecule has 0 aromatic rings. The molecular formula is C18H33N5O6. The summed E-state index contributed by atoms with van der Waals surface area (Å²) < 4.78 is 0. The lowest BCUT2D eigenvalue weighted by Crippen LogP contribution is -2.55. The highest BCUT2D eigenvalue weighted by Gasteiger charge is 2.29. The average Bonchev–Trinajstić information content (AvgIpc) is 2.60. The second-order valence-electron chi connectivity index (χ2n) is 7.65. The number of primary amides is 1. The Bertz CT molecular complexity index is 608. The van der Waals surface area contributed by atoms with Gasteiger partial charge in [0.15, 0.2) is 0 Å². The Balaban J connectivity index is 4.76. The predicted octanol–water partition coefficient (Wildman–Crippen LogP) is -1.55. The van der Waals surface area contributed by atoms with Crippen molar-refractivity contribution >= 4 is 29.6 Å². The van der Waals surface area contributed by atoms with E-state index >= 15 is 0 Å². The SMILES string of the molecule is CC(C)CC(NC(=O)C(NC(=O)CNC(=O)C(N)CCC(N)=O)C(C)C)C(=O)O. The van der Waals surface area contributed by atoms with Crippen LogP contribution in [0.4, 0.5) is 0 Å². The van der Waals surface area contributed by atoms with Crippen LogP contribution in [0.3, 0.4) is 0 Å². The van der Waals surface area contributed by atoms with Crippen molar-refractivity contribution in [2.24, 2.45) is 23.3 Å². The lowest BCUT2D eigenvalue weighted by Gasteiger charge is -2.24. The van der Waals surface area contributed by atoms with E-state index in [0.717, 1.165) is 0 Å². The van der Waals surface area contributed by atoms with Gasteiger partial charge in [-0.3, -0.25) is 19.2 Å². The van der Waals surface area contributed by atoms with Gasteiger partial charge >= 0.3 is 5.97 Å². The van der Waals surface area contributed by atoms with Crippen LogP contribution in [-0.4, -0.2) is 59.4 Å². The highest BCUT2D eigenvalue weighted by Crippen LogP contribution is 2.08. The monoisotopic (exact) mass is 415 g/mol. The molecule has 0 fully saturated rings. The third-order valence-corrected chi connectivity index (χ3v) is 4.05. The third-order valence-electron chi connectivity index (χ3n) is 4.05. The van der Waals surface area contributed by atoms with E-state index in [-0.39, 0.29) is 31.1 Å². The summed E-state index contributed by atoms with van der Waals surface area (Å²) in [6.45, 7) is 6.64. The van der Waals surface area contributed by atoms with E-state index in [1.807, 2.05) is 13.8 Å². The van der Waals surface area contributed by atoms with Gasteiger partial charge in [-0.2, -0.15) is 0 Å². The molecule has 0 aliphatic heterocycles. The normalized spacial score (nSPS) is 14.0. The summed E-state index contributed by atoms with van der Waals surface area (Å²) >= 11 is 0. The van der Waals surface area contributed by atoms with Gasteiger partial charge in [0.05, 0.1) is 12.6 Å². The second-order valence-corrected chi connectivity index (χ2v) is 7.65.